The summed E-state index contributed by atoms with van der Waals surface area (Å²) in [6.45, 7) is 4.95. The van der Waals surface area contributed by atoms with Gasteiger partial charge in [0.25, 0.3) is 0 Å². The Morgan fingerprint density at radius 2 is 2.33 bits per heavy atom. The predicted molar refractivity (Wildman–Crippen MR) is 61.9 cm³/mol. The SMILES string of the molecule is CCC(C)(O)CNCc1cccnc1Cl. The van der Waals surface area contributed by atoms with Crippen molar-refractivity contribution < 1.29 is 5.11 Å². The van der Waals surface area contributed by atoms with Crippen LogP contribution < -0.4 is 5.32 Å². The molecule has 1 rings (SSSR count). The van der Waals surface area contributed by atoms with Crippen LogP contribution in [0.4, 0.5) is 0 Å². The number of hydrogen-bond acceptors (Lipinski definition) is 3. The van der Waals surface area contributed by atoms with Crippen molar-refractivity contribution in [3.63, 3.8) is 0 Å². The summed E-state index contributed by atoms with van der Waals surface area (Å²) in [5, 5.41) is 13.4. The second kappa shape index (κ2) is 5.45. The third-order valence-corrected chi connectivity index (χ3v) is 2.76. The highest BCUT2D eigenvalue weighted by atomic mass is 35.5. The van der Waals surface area contributed by atoms with E-state index in [0.29, 0.717) is 18.2 Å². The van der Waals surface area contributed by atoms with Crippen LogP contribution in [0.1, 0.15) is 25.8 Å². The van der Waals surface area contributed by atoms with E-state index in [2.05, 4.69) is 10.3 Å². The smallest absolute Gasteiger partial charge is 0.133 e. The maximum atomic E-state index is 9.76. The number of aromatic nitrogens is 1. The number of nitrogens with one attached hydrogen (secondary N) is 1. The molecule has 15 heavy (non-hydrogen) atoms. The van der Waals surface area contributed by atoms with Gasteiger partial charge in [0.05, 0.1) is 5.60 Å². The first-order valence-electron chi connectivity index (χ1n) is 5.07. The van der Waals surface area contributed by atoms with Gasteiger partial charge in [-0.05, 0) is 19.4 Å². The largest absolute Gasteiger partial charge is 0.389 e. The summed E-state index contributed by atoms with van der Waals surface area (Å²) < 4.78 is 0. The Hall–Kier alpha value is -0.640. The molecule has 0 saturated carbocycles. The molecule has 84 valence electrons. The Morgan fingerprint density at radius 3 is 2.93 bits per heavy atom. The first-order valence-corrected chi connectivity index (χ1v) is 5.45. The monoisotopic (exact) mass is 228 g/mol. The molecule has 0 aromatic carbocycles. The lowest BCUT2D eigenvalue weighted by Crippen LogP contribution is -2.36. The zero-order valence-corrected chi connectivity index (χ0v) is 9.88. The molecular formula is C11H17ClN2O. The third-order valence-electron chi connectivity index (χ3n) is 2.42. The van der Waals surface area contributed by atoms with Crippen molar-refractivity contribution in [2.75, 3.05) is 6.54 Å². The molecule has 0 aliphatic carbocycles. The minimum atomic E-state index is -0.658. The van der Waals surface area contributed by atoms with Gasteiger partial charge in [-0.15, -0.1) is 0 Å². The molecule has 2 N–H and O–H groups in total. The highest BCUT2D eigenvalue weighted by Crippen LogP contribution is 2.12. The van der Waals surface area contributed by atoms with Crippen molar-refractivity contribution in [1.82, 2.24) is 10.3 Å². The van der Waals surface area contributed by atoms with Crippen LogP contribution in [0, 0.1) is 0 Å². The average Bonchev–Trinajstić information content (AvgIpc) is 2.21. The van der Waals surface area contributed by atoms with E-state index in [9.17, 15) is 5.11 Å². The Labute approximate surface area is 95.5 Å². The van der Waals surface area contributed by atoms with Gasteiger partial charge in [0.2, 0.25) is 0 Å². The van der Waals surface area contributed by atoms with Gasteiger partial charge in [-0.2, -0.15) is 0 Å². The van der Waals surface area contributed by atoms with Gasteiger partial charge >= 0.3 is 0 Å². The standard InChI is InChI=1S/C11H17ClN2O/c1-3-11(2,15)8-13-7-9-5-4-6-14-10(9)12/h4-6,13,15H,3,7-8H2,1-2H3. The molecule has 1 unspecified atom stereocenters. The van der Waals surface area contributed by atoms with Gasteiger partial charge in [0.1, 0.15) is 5.15 Å². The van der Waals surface area contributed by atoms with Crippen molar-refractivity contribution in [2.45, 2.75) is 32.4 Å². The molecule has 0 fully saturated rings. The summed E-state index contributed by atoms with van der Waals surface area (Å²) in [6, 6.07) is 3.77. The lowest BCUT2D eigenvalue weighted by atomic mass is 10.0. The Kier molecular flexibility index (Phi) is 4.51. The molecule has 0 bridgehead atoms. The zero-order chi connectivity index (χ0) is 11.3. The van der Waals surface area contributed by atoms with Crippen molar-refractivity contribution >= 4 is 11.6 Å². The molecule has 0 saturated heterocycles. The van der Waals surface area contributed by atoms with Gasteiger partial charge < -0.3 is 10.4 Å². The van der Waals surface area contributed by atoms with Gasteiger partial charge in [0.15, 0.2) is 0 Å². The van der Waals surface area contributed by atoms with E-state index < -0.39 is 5.60 Å². The molecule has 1 aromatic heterocycles. The van der Waals surface area contributed by atoms with Crippen LogP contribution in [-0.4, -0.2) is 22.2 Å². The lowest BCUT2D eigenvalue weighted by Gasteiger charge is -2.21. The van der Waals surface area contributed by atoms with Crippen molar-refractivity contribution in [2.24, 2.45) is 0 Å². The Bertz CT molecular complexity index is 315. The highest BCUT2D eigenvalue weighted by Gasteiger charge is 2.16. The second-order valence-electron chi connectivity index (χ2n) is 3.91. The van der Waals surface area contributed by atoms with Crippen molar-refractivity contribution in [3.05, 3.63) is 29.0 Å². The molecule has 0 radical (unpaired) electrons. The van der Waals surface area contributed by atoms with Crippen LogP contribution >= 0.6 is 11.6 Å². The molecule has 4 heteroatoms. The number of nitrogens with zero attached hydrogens (tertiary/aromatic N) is 1. The van der Waals surface area contributed by atoms with Crippen LogP contribution in [0.3, 0.4) is 0 Å². The molecule has 3 nitrogen and oxygen atoms in total. The predicted octanol–water partition coefficient (Wildman–Crippen LogP) is 1.99. The number of rotatable bonds is 5. The van der Waals surface area contributed by atoms with Crippen LogP contribution in [-0.2, 0) is 6.54 Å². The molecule has 1 aromatic rings. The maximum absolute atomic E-state index is 9.76. The zero-order valence-electron chi connectivity index (χ0n) is 9.13. The van der Waals surface area contributed by atoms with Crippen LogP contribution in [0.25, 0.3) is 0 Å². The minimum absolute atomic E-state index is 0.515. The molecular weight excluding hydrogens is 212 g/mol. The Morgan fingerprint density at radius 1 is 1.60 bits per heavy atom. The van der Waals surface area contributed by atoms with Crippen LogP contribution in [0.15, 0.2) is 18.3 Å². The van der Waals surface area contributed by atoms with E-state index in [1.165, 1.54) is 0 Å². The van der Waals surface area contributed by atoms with Gasteiger partial charge in [-0.3, -0.25) is 0 Å². The third kappa shape index (κ3) is 4.16. The fraction of sp³-hybridized carbons (Fsp3) is 0.545. The molecule has 1 atom stereocenters. The van der Waals surface area contributed by atoms with Gasteiger partial charge in [-0.1, -0.05) is 24.6 Å². The van der Waals surface area contributed by atoms with E-state index in [4.69, 9.17) is 11.6 Å². The van der Waals surface area contributed by atoms with Gasteiger partial charge in [-0.25, -0.2) is 4.98 Å². The quantitative estimate of drug-likeness (QED) is 0.758. The minimum Gasteiger partial charge on any atom is -0.389 e. The topological polar surface area (TPSA) is 45.1 Å². The second-order valence-corrected chi connectivity index (χ2v) is 4.27. The fourth-order valence-electron chi connectivity index (χ4n) is 1.14. The lowest BCUT2D eigenvalue weighted by molar-refractivity contribution is 0.0555. The number of hydrogen-bond donors (Lipinski definition) is 2. The number of halogens is 1. The fourth-order valence-corrected chi connectivity index (χ4v) is 1.33. The number of pyridine rings is 1. The van der Waals surface area contributed by atoms with Crippen molar-refractivity contribution in [1.29, 1.82) is 0 Å². The van der Waals surface area contributed by atoms with E-state index in [0.717, 1.165) is 12.0 Å². The molecule has 0 spiro atoms. The van der Waals surface area contributed by atoms with E-state index in [1.807, 2.05) is 26.0 Å². The molecule has 0 amide bonds. The summed E-state index contributed by atoms with van der Waals surface area (Å²) in [6.07, 6.45) is 2.38. The van der Waals surface area contributed by atoms with Crippen molar-refractivity contribution in [3.8, 4) is 0 Å². The van der Waals surface area contributed by atoms with E-state index in [1.54, 1.807) is 6.20 Å². The summed E-state index contributed by atoms with van der Waals surface area (Å²) >= 11 is 5.89. The molecule has 1 heterocycles. The van der Waals surface area contributed by atoms with Gasteiger partial charge in [0, 0.05) is 24.8 Å². The first-order chi connectivity index (χ1) is 7.05. The maximum Gasteiger partial charge on any atom is 0.133 e. The Balaban J connectivity index is 2.42. The van der Waals surface area contributed by atoms with Crippen LogP contribution in [0.2, 0.25) is 5.15 Å². The highest BCUT2D eigenvalue weighted by molar-refractivity contribution is 6.30. The summed E-state index contributed by atoms with van der Waals surface area (Å²) in [4.78, 5) is 3.98. The number of aliphatic hydroxyl groups is 1. The van der Waals surface area contributed by atoms with Crippen LogP contribution in [0.5, 0.6) is 0 Å². The first kappa shape index (κ1) is 12.4. The summed E-state index contributed by atoms with van der Waals surface area (Å²) in [5.74, 6) is 0. The average molecular weight is 229 g/mol. The summed E-state index contributed by atoms with van der Waals surface area (Å²) in [7, 11) is 0. The molecule has 0 aliphatic rings. The molecule has 0 aliphatic heterocycles. The van der Waals surface area contributed by atoms with E-state index in [-0.39, 0.29) is 0 Å². The van der Waals surface area contributed by atoms with E-state index >= 15 is 0 Å². The summed E-state index contributed by atoms with van der Waals surface area (Å²) in [5.41, 5.74) is 0.292. The normalized spacial score (nSPS) is 14.9.